The molecule has 5 heteroatoms. The van der Waals surface area contributed by atoms with Gasteiger partial charge in [-0.1, -0.05) is 30.3 Å². The molecule has 0 fully saturated rings. The summed E-state index contributed by atoms with van der Waals surface area (Å²) in [6, 6.07) is 13.0. The van der Waals surface area contributed by atoms with Crippen molar-refractivity contribution in [2.45, 2.75) is 66.6 Å². The van der Waals surface area contributed by atoms with Crippen molar-refractivity contribution < 1.29 is 14.3 Å². The number of ether oxygens (including phenoxy) is 1. The van der Waals surface area contributed by atoms with Crippen LogP contribution in [0.25, 0.3) is 0 Å². The molecule has 1 atom stereocenters. The Kier molecular flexibility index (Phi) is 7.65. The SMILES string of the molecule is Cc1ccc(OCC(=O)N(Cc2ccccc2C)C(C)C(=O)NC(C)(C)C)cc1C. The summed E-state index contributed by atoms with van der Waals surface area (Å²) in [6.45, 7) is 13.8. The molecule has 1 unspecified atom stereocenters. The Bertz CT molecular complexity index is 900. The molecule has 0 radical (unpaired) electrons. The fourth-order valence-corrected chi connectivity index (χ4v) is 3.06. The normalized spacial score (nSPS) is 12.2. The zero-order chi connectivity index (χ0) is 22.5. The molecule has 0 bridgehead atoms. The number of aryl methyl sites for hydroxylation is 3. The van der Waals surface area contributed by atoms with Crippen LogP contribution in [0.5, 0.6) is 5.75 Å². The van der Waals surface area contributed by atoms with Gasteiger partial charge >= 0.3 is 0 Å². The van der Waals surface area contributed by atoms with Crippen LogP contribution in [0.2, 0.25) is 0 Å². The minimum atomic E-state index is -0.625. The second kappa shape index (κ2) is 9.79. The number of nitrogens with one attached hydrogen (secondary N) is 1. The standard InChI is InChI=1S/C25H34N2O3/c1-17-12-13-22(14-19(17)3)30-16-23(28)27(15-21-11-9-8-10-18(21)2)20(4)24(29)26-25(5,6)7/h8-14,20H,15-16H2,1-7H3,(H,26,29). The molecule has 0 heterocycles. The van der Waals surface area contributed by atoms with Gasteiger partial charge in [0.2, 0.25) is 5.91 Å². The van der Waals surface area contributed by atoms with E-state index >= 15 is 0 Å². The van der Waals surface area contributed by atoms with E-state index in [9.17, 15) is 9.59 Å². The molecule has 30 heavy (non-hydrogen) atoms. The molecule has 0 aliphatic heterocycles. The summed E-state index contributed by atoms with van der Waals surface area (Å²) >= 11 is 0. The molecule has 5 nitrogen and oxygen atoms in total. The third-order valence-corrected chi connectivity index (χ3v) is 5.11. The lowest BCUT2D eigenvalue weighted by molar-refractivity contribution is -0.142. The maximum absolute atomic E-state index is 13.1. The van der Waals surface area contributed by atoms with Crippen LogP contribution < -0.4 is 10.1 Å². The van der Waals surface area contributed by atoms with E-state index in [0.29, 0.717) is 12.3 Å². The van der Waals surface area contributed by atoms with Crippen LogP contribution in [0.3, 0.4) is 0 Å². The highest BCUT2D eigenvalue weighted by Crippen LogP contribution is 2.18. The van der Waals surface area contributed by atoms with Gasteiger partial charge in [-0.15, -0.1) is 0 Å². The van der Waals surface area contributed by atoms with Gasteiger partial charge in [-0.25, -0.2) is 0 Å². The van der Waals surface area contributed by atoms with E-state index in [-0.39, 0.29) is 24.0 Å². The minimum absolute atomic E-state index is 0.123. The van der Waals surface area contributed by atoms with E-state index in [4.69, 9.17) is 4.74 Å². The first-order valence-electron chi connectivity index (χ1n) is 10.3. The number of rotatable bonds is 7. The fourth-order valence-electron chi connectivity index (χ4n) is 3.06. The Labute approximate surface area is 180 Å². The van der Waals surface area contributed by atoms with Crippen molar-refractivity contribution >= 4 is 11.8 Å². The monoisotopic (exact) mass is 410 g/mol. The topological polar surface area (TPSA) is 58.6 Å². The predicted octanol–water partition coefficient (Wildman–Crippen LogP) is 4.32. The lowest BCUT2D eigenvalue weighted by Crippen LogP contribution is -2.53. The van der Waals surface area contributed by atoms with E-state index in [1.807, 2.05) is 84.0 Å². The first-order chi connectivity index (χ1) is 14.0. The highest BCUT2D eigenvalue weighted by Gasteiger charge is 2.29. The Morgan fingerprint density at radius 1 is 1.00 bits per heavy atom. The van der Waals surface area contributed by atoms with E-state index in [2.05, 4.69) is 5.32 Å². The van der Waals surface area contributed by atoms with Crippen LogP contribution in [-0.2, 0) is 16.1 Å². The van der Waals surface area contributed by atoms with Gasteiger partial charge in [-0.05, 0) is 82.9 Å². The smallest absolute Gasteiger partial charge is 0.261 e. The molecule has 0 saturated carbocycles. The second-order valence-corrected chi connectivity index (χ2v) is 8.90. The van der Waals surface area contributed by atoms with Crippen LogP contribution in [0.15, 0.2) is 42.5 Å². The lowest BCUT2D eigenvalue weighted by atomic mass is 10.1. The van der Waals surface area contributed by atoms with Gasteiger partial charge in [0.05, 0.1) is 0 Å². The molecule has 2 rings (SSSR count). The second-order valence-electron chi connectivity index (χ2n) is 8.90. The van der Waals surface area contributed by atoms with E-state index in [1.165, 1.54) is 5.56 Å². The minimum Gasteiger partial charge on any atom is -0.484 e. The van der Waals surface area contributed by atoms with Crippen LogP contribution in [0, 0.1) is 20.8 Å². The molecule has 2 aromatic rings. The van der Waals surface area contributed by atoms with Gasteiger partial charge < -0.3 is 15.0 Å². The van der Waals surface area contributed by atoms with Gasteiger partial charge in [-0.3, -0.25) is 9.59 Å². The zero-order valence-electron chi connectivity index (χ0n) is 19.2. The van der Waals surface area contributed by atoms with Gasteiger partial charge in [0.25, 0.3) is 5.91 Å². The average Bonchev–Trinajstić information content (AvgIpc) is 2.66. The molecular weight excluding hydrogens is 376 g/mol. The molecule has 2 aromatic carbocycles. The summed E-state index contributed by atoms with van der Waals surface area (Å²) < 4.78 is 5.76. The number of amides is 2. The van der Waals surface area contributed by atoms with Crippen LogP contribution in [0.1, 0.15) is 49.9 Å². The number of hydrogen-bond acceptors (Lipinski definition) is 3. The quantitative estimate of drug-likeness (QED) is 0.739. The Hall–Kier alpha value is -2.82. The Morgan fingerprint density at radius 2 is 1.67 bits per heavy atom. The van der Waals surface area contributed by atoms with Crippen molar-refractivity contribution in [3.8, 4) is 5.75 Å². The average molecular weight is 411 g/mol. The number of carbonyl (C=O) groups excluding carboxylic acids is 2. The van der Waals surface area contributed by atoms with Crippen molar-refractivity contribution in [1.82, 2.24) is 10.2 Å². The molecule has 0 saturated heterocycles. The lowest BCUT2D eigenvalue weighted by Gasteiger charge is -2.31. The van der Waals surface area contributed by atoms with Crippen molar-refractivity contribution in [1.29, 1.82) is 0 Å². The number of hydrogen-bond donors (Lipinski definition) is 1. The molecule has 162 valence electrons. The van der Waals surface area contributed by atoms with Crippen molar-refractivity contribution in [2.75, 3.05) is 6.61 Å². The summed E-state index contributed by atoms with van der Waals surface area (Å²) in [5.74, 6) is 0.234. The van der Waals surface area contributed by atoms with Crippen molar-refractivity contribution in [2.24, 2.45) is 0 Å². The largest absolute Gasteiger partial charge is 0.484 e. The molecule has 1 N–H and O–H groups in total. The first kappa shape index (κ1) is 23.5. The Balaban J connectivity index is 2.20. The van der Waals surface area contributed by atoms with E-state index < -0.39 is 6.04 Å². The third-order valence-electron chi connectivity index (χ3n) is 5.11. The van der Waals surface area contributed by atoms with Crippen LogP contribution >= 0.6 is 0 Å². The number of carbonyl (C=O) groups is 2. The van der Waals surface area contributed by atoms with Crippen molar-refractivity contribution in [3.05, 3.63) is 64.7 Å². The summed E-state index contributed by atoms with van der Waals surface area (Å²) in [4.78, 5) is 27.5. The molecular formula is C25H34N2O3. The van der Waals surface area contributed by atoms with Gasteiger partial charge in [0.1, 0.15) is 11.8 Å². The zero-order valence-corrected chi connectivity index (χ0v) is 19.2. The fraction of sp³-hybridized carbons (Fsp3) is 0.440. The molecule has 0 aliphatic carbocycles. The maximum Gasteiger partial charge on any atom is 0.261 e. The Morgan fingerprint density at radius 3 is 2.27 bits per heavy atom. The molecule has 0 aromatic heterocycles. The number of benzene rings is 2. The van der Waals surface area contributed by atoms with E-state index in [0.717, 1.165) is 16.7 Å². The van der Waals surface area contributed by atoms with E-state index in [1.54, 1.807) is 11.8 Å². The van der Waals surface area contributed by atoms with Crippen LogP contribution in [-0.4, -0.2) is 34.9 Å². The van der Waals surface area contributed by atoms with Gasteiger partial charge in [-0.2, -0.15) is 0 Å². The highest BCUT2D eigenvalue weighted by molar-refractivity contribution is 5.88. The molecule has 2 amide bonds. The maximum atomic E-state index is 13.1. The summed E-state index contributed by atoms with van der Waals surface area (Å²) in [7, 11) is 0. The summed E-state index contributed by atoms with van der Waals surface area (Å²) in [5.41, 5.74) is 3.98. The first-order valence-corrected chi connectivity index (χ1v) is 10.3. The van der Waals surface area contributed by atoms with Gasteiger partial charge in [0, 0.05) is 12.1 Å². The number of nitrogens with zero attached hydrogens (tertiary/aromatic N) is 1. The van der Waals surface area contributed by atoms with Crippen molar-refractivity contribution in [3.63, 3.8) is 0 Å². The van der Waals surface area contributed by atoms with Crippen LogP contribution in [0.4, 0.5) is 0 Å². The predicted molar refractivity (Wildman–Crippen MR) is 120 cm³/mol. The summed E-state index contributed by atoms with van der Waals surface area (Å²) in [6.07, 6.45) is 0. The third kappa shape index (κ3) is 6.61. The molecule has 0 aliphatic rings. The highest BCUT2D eigenvalue weighted by atomic mass is 16.5. The summed E-state index contributed by atoms with van der Waals surface area (Å²) in [5, 5.41) is 2.97. The molecule has 0 spiro atoms. The van der Waals surface area contributed by atoms with Gasteiger partial charge in [0.15, 0.2) is 6.61 Å².